The van der Waals surface area contributed by atoms with Crippen molar-refractivity contribution in [3.8, 4) is 0 Å². The van der Waals surface area contributed by atoms with Gasteiger partial charge in [-0.15, -0.1) is 0 Å². The molecule has 0 radical (unpaired) electrons. The molecule has 138 valence electrons. The number of benzene rings is 2. The van der Waals surface area contributed by atoms with Crippen molar-refractivity contribution in [3.05, 3.63) is 76.9 Å². The third kappa shape index (κ3) is 4.25. The van der Waals surface area contributed by atoms with E-state index < -0.39 is 5.60 Å². The van der Waals surface area contributed by atoms with Crippen molar-refractivity contribution in [1.82, 2.24) is 4.90 Å². The van der Waals surface area contributed by atoms with Crippen LogP contribution in [0, 0.1) is 12.8 Å². The van der Waals surface area contributed by atoms with Crippen LogP contribution in [0.3, 0.4) is 0 Å². The Bertz CT molecular complexity index is 750. The van der Waals surface area contributed by atoms with E-state index in [9.17, 15) is 5.11 Å². The van der Waals surface area contributed by atoms with Crippen LogP contribution in [-0.4, -0.2) is 36.2 Å². The van der Waals surface area contributed by atoms with Gasteiger partial charge in [-0.05, 0) is 62.5 Å². The molecule has 1 saturated carbocycles. The van der Waals surface area contributed by atoms with Crippen molar-refractivity contribution in [2.45, 2.75) is 38.2 Å². The van der Waals surface area contributed by atoms with Crippen molar-refractivity contribution in [2.24, 2.45) is 5.92 Å². The van der Waals surface area contributed by atoms with Crippen LogP contribution in [-0.2, 0) is 6.42 Å². The fourth-order valence-electron chi connectivity index (χ4n) is 4.24. The molecule has 0 saturated heterocycles. The van der Waals surface area contributed by atoms with E-state index >= 15 is 0 Å². The van der Waals surface area contributed by atoms with Crippen molar-refractivity contribution in [1.29, 1.82) is 0 Å². The van der Waals surface area contributed by atoms with E-state index in [0.717, 1.165) is 25.8 Å². The summed E-state index contributed by atoms with van der Waals surface area (Å²) in [5.74, 6) is 0.251. The lowest BCUT2D eigenvalue weighted by molar-refractivity contribution is -0.0124. The van der Waals surface area contributed by atoms with Crippen LogP contribution < -0.4 is 0 Å². The number of aryl methyl sites for hydroxylation is 1. The Kier molecular flexibility index (Phi) is 5.95. The Morgan fingerprint density at radius 1 is 1.08 bits per heavy atom. The summed E-state index contributed by atoms with van der Waals surface area (Å²) in [6.45, 7) is 3.05. The van der Waals surface area contributed by atoms with Gasteiger partial charge in [0, 0.05) is 18.9 Å². The molecular weight excluding hydrogens is 318 g/mol. The second-order valence-electron chi connectivity index (χ2n) is 7.96. The highest BCUT2D eigenvalue weighted by Crippen LogP contribution is 2.42. The van der Waals surface area contributed by atoms with Gasteiger partial charge in [0.25, 0.3) is 0 Å². The zero-order valence-electron chi connectivity index (χ0n) is 16.3. The summed E-state index contributed by atoms with van der Waals surface area (Å²) in [6.07, 6.45) is 6.11. The van der Waals surface area contributed by atoms with Crippen molar-refractivity contribution in [3.63, 3.8) is 0 Å². The average molecular weight is 350 g/mol. The van der Waals surface area contributed by atoms with Gasteiger partial charge < -0.3 is 10.0 Å². The number of aliphatic hydroxyl groups is 1. The van der Waals surface area contributed by atoms with Crippen LogP contribution in [0.25, 0.3) is 6.08 Å². The van der Waals surface area contributed by atoms with Gasteiger partial charge in [0.2, 0.25) is 0 Å². The molecule has 2 aromatic carbocycles. The average Bonchev–Trinajstić information content (AvgIpc) is 2.61. The van der Waals surface area contributed by atoms with Crippen LogP contribution in [0.2, 0.25) is 0 Å². The minimum Gasteiger partial charge on any atom is -0.385 e. The molecule has 3 rings (SSSR count). The van der Waals surface area contributed by atoms with Gasteiger partial charge in [0.15, 0.2) is 0 Å². The van der Waals surface area contributed by atoms with E-state index in [1.807, 2.05) is 6.07 Å². The molecule has 26 heavy (non-hydrogen) atoms. The Balaban J connectivity index is 2.01. The first-order valence-electron chi connectivity index (χ1n) is 9.67. The number of hydrogen-bond donors (Lipinski definition) is 1. The van der Waals surface area contributed by atoms with Crippen LogP contribution in [0.15, 0.2) is 60.2 Å². The third-order valence-corrected chi connectivity index (χ3v) is 5.68. The van der Waals surface area contributed by atoms with E-state index in [2.05, 4.69) is 80.5 Å². The topological polar surface area (TPSA) is 23.5 Å². The van der Waals surface area contributed by atoms with Crippen LogP contribution >= 0.6 is 0 Å². The largest absolute Gasteiger partial charge is 0.385 e. The van der Waals surface area contributed by atoms with Crippen LogP contribution in [0.4, 0.5) is 0 Å². The van der Waals surface area contributed by atoms with E-state index in [0.29, 0.717) is 6.42 Å². The van der Waals surface area contributed by atoms with Crippen LogP contribution in [0.5, 0.6) is 0 Å². The molecule has 0 spiro atoms. The molecule has 0 amide bonds. The smallest absolute Gasteiger partial charge is 0.0940 e. The predicted molar refractivity (Wildman–Crippen MR) is 110 cm³/mol. The van der Waals surface area contributed by atoms with Gasteiger partial charge in [-0.2, -0.15) is 0 Å². The summed E-state index contributed by atoms with van der Waals surface area (Å²) in [5.41, 5.74) is 4.08. The quantitative estimate of drug-likeness (QED) is 0.845. The van der Waals surface area contributed by atoms with E-state index in [-0.39, 0.29) is 5.92 Å². The van der Waals surface area contributed by atoms with Gasteiger partial charge in [-0.3, -0.25) is 0 Å². The van der Waals surface area contributed by atoms with Gasteiger partial charge in [-0.1, -0.05) is 60.7 Å². The molecule has 0 bridgehead atoms. The minimum absolute atomic E-state index is 0.251. The lowest BCUT2D eigenvalue weighted by Crippen LogP contribution is -2.48. The van der Waals surface area contributed by atoms with Gasteiger partial charge >= 0.3 is 0 Å². The summed E-state index contributed by atoms with van der Waals surface area (Å²) >= 11 is 0. The highest BCUT2D eigenvalue weighted by Gasteiger charge is 2.42. The van der Waals surface area contributed by atoms with Crippen molar-refractivity contribution >= 4 is 6.08 Å². The summed E-state index contributed by atoms with van der Waals surface area (Å²) in [6, 6.07) is 18.9. The predicted octanol–water partition coefficient (Wildman–Crippen LogP) is 4.71. The lowest BCUT2D eigenvalue weighted by atomic mass is 9.68. The molecule has 0 aliphatic heterocycles. The first-order valence-corrected chi connectivity index (χ1v) is 9.67. The second kappa shape index (κ2) is 8.20. The SMILES string of the molecule is Cc1ccccc1CC1(O)/C(=C\c2ccccc2)CCCC1CN(C)C. The Morgan fingerprint density at radius 2 is 1.77 bits per heavy atom. The maximum absolute atomic E-state index is 12.0. The van der Waals surface area contributed by atoms with Crippen molar-refractivity contribution < 1.29 is 5.11 Å². The normalized spacial score (nSPS) is 25.0. The highest BCUT2D eigenvalue weighted by molar-refractivity contribution is 5.56. The molecule has 2 nitrogen and oxygen atoms in total. The Labute approximate surface area is 158 Å². The summed E-state index contributed by atoms with van der Waals surface area (Å²) in [4.78, 5) is 2.21. The first kappa shape index (κ1) is 18.9. The fraction of sp³-hybridized carbons (Fsp3) is 0.417. The van der Waals surface area contributed by atoms with Crippen molar-refractivity contribution in [2.75, 3.05) is 20.6 Å². The molecule has 2 aromatic rings. The molecular formula is C24H31NO. The summed E-state index contributed by atoms with van der Waals surface area (Å²) in [5, 5.41) is 12.0. The van der Waals surface area contributed by atoms with Gasteiger partial charge in [0.1, 0.15) is 0 Å². The maximum Gasteiger partial charge on any atom is 0.0940 e. The van der Waals surface area contributed by atoms with Crippen LogP contribution in [0.1, 0.15) is 36.0 Å². The highest BCUT2D eigenvalue weighted by atomic mass is 16.3. The third-order valence-electron chi connectivity index (χ3n) is 5.68. The molecule has 2 unspecified atom stereocenters. The zero-order valence-corrected chi connectivity index (χ0v) is 16.3. The fourth-order valence-corrected chi connectivity index (χ4v) is 4.24. The van der Waals surface area contributed by atoms with Gasteiger partial charge in [-0.25, -0.2) is 0 Å². The second-order valence-corrected chi connectivity index (χ2v) is 7.96. The number of hydrogen-bond acceptors (Lipinski definition) is 2. The maximum atomic E-state index is 12.0. The van der Waals surface area contributed by atoms with E-state index in [4.69, 9.17) is 0 Å². The Hall–Kier alpha value is -1.90. The molecule has 1 aliphatic carbocycles. The zero-order chi connectivity index (χ0) is 18.6. The molecule has 1 fully saturated rings. The molecule has 0 heterocycles. The molecule has 0 aromatic heterocycles. The minimum atomic E-state index is -0.787. The summed E-state index contributed by atoms with van der Waals surface area (Å²) < 4.78 is 0. The molecule has 1 aliphatic rings. The van der Waals surface area contributed by atoms with E-state index in [1.54, 1.807) is 0 Å². The molecule has 2 atom stereocenters. The molecule has 1 N–H and O–H groups in total. The first-order chi connectivity index (χ1) is 12.5. The molecule has 2 heteroatoms. The van der Waals surface area contributed by atoms with E-state index in [1.165, 1.54) is 22.3 Å². The Morgan fingerprint density at radius 3 is 2.46 bits per heavy atom. The standard InChI is InChI=1S/C24H31NO/c1-19-10-7-8-13-21(19)17-24(26)22(16-20-11-5-4-6-12-20)14-9-15-23(24)18-25(2)3/h4-8,10-13,16,23,26H,9,14-15,17-18H2,1-3H3/b22-16-. The number of rotatable bonds is 5. The monoisotopic (exact) mass is 349 g/mol. The lowest BCUT2D eigenvalue weighted by Gasteiger charge is -2.44. The summed E-state index contributed by atoms with van der Waals surface area (Å²) in [7, 11) is 4.20. The number of nitrogens with zero attached hydrogens (tertiary/aromatic N) is 1. The van der Waals surface area contributed by atoms with Gasteiger partial charge in [0.05, 0.1) is 5.60 Å².